The van der Waals surface area contributed by atoms with Crippen LogP contribution >= 0.6 is 0 Å². The van der Waals surface area contributed by atoms with Crippen LogP contribution in [0.5, 0.6) is 0 Å². The molecule has 1 aliphatic carbocycles. The van der Waals surface area contributed by atoms with Gasteiger partial charge in [-0.3, -0.25) is 4.99 Å². The van der Waals surface area contributed by atoms with E-state index in [9.17, 15) is 0 Å². The zero-order chi connectivity index (χ0) is 17.2. The molecule has 3 aromatic rings. The zero-order valence-corrected chi connectivity index (χ0v) is 13.5. The molecule has 6 nitrogen and oxygen atoms in total. The number of nitriles is 1. The van der Waals surface area contributed by atoms with Crippen LogP contribution in [0.3, 0.4) is 0 Å². The standard InChI is InChI=1S/C19H16N6/c20-7-13-1-3-14(4-2-13)18-11-24-25-12-16(10-23-19(18)25)15(8-21)9-22-17-5-6-17/h1-4,8-12,17H,5-6,21H2/b15-8+,22-9?. The minimum atomic E-state index is 0.444. The van der Waals surface area contributed by atoms with Crippen LogP contribution in [-0.2, 0) is 0 Å². The molecule has 0 radical (unpaired) electrons. The minimum Gasteiger partial charge on any atom is -0.404 e. The second-order valence-electron chi connectivity index (χ2n) is 5.99. The molecule has 2 N–H and O–H groups in total. The highest BCUT2D eigenvalue weighted by molar-refractivity contribution is 6.09. The summed E-state index contributed by atoms with van der Waals surface area (Å²) in [6.07, 6.45) is 11.1. The Labute approximate surface area is 145 Å². The van der Waals surface area contributed by atoms with Gasteiger partial charge in [0.15, 0.2) is 5.65 Å². The smallest absolute Gasteiger partial charge is 0.162 e. The fraction of sp³-hybridized carbons (Fsp3) is 0.158. The molecule has 0 amide bonds. The molecule has 0 spiro atoms. The molecular formula is C19H16N6. The van der Waals surface area contributed by atoms with Crippen molar-refractivity contribution in [2.24, 2.45) is 10.7 Å². The maximum absolute atomic E-state index is 8.91. The lowest BCUT2D eigenvalue weighted by Crippen LogP contribution is -1.98. The monoisotopic (exact) mass is 328 g/mol. The van der Waals surface area contributed by atoms with E-state index in [4.69, 9.17) is 11.0 Å². The molecule has 0 unspecified atom stereocenters. The number of rotatable bonds is 4. The summed E-state index contributed by atoms with van der Waals surface area (Å²) in [5, 5.41) is 13.3. The summed E-state index contributed by atoms with van der Waals surface area (Å²) < 4.78 is 1.73. The van der Waals surface area contributed by atoms with Gasteiger partial charge in [-0.1, -0.05) is 12.1 Å². The molecule has 2 aromatic heterocycles. The van der Waals surface area contributed by atoms with E-state index in [1.54, 1.807) is 35.2 Å². The van der Waals surface area contributed by atoms with E-state index in [2.05, 4.69) is 21.1 Å². The Morgan fingerprint density at radius 3 is 2.76 bits per heavy atom. The molecule has 2 heterocycles. The Bertz CT molecular complexity index is 1020. The summed E-state index contributed by atoms with van der Waals surface area (Å²) in [6, 6.07) is 9.94. The second-order valence-corrected chi connectivity index (χ2v) is 5.99. The van der Waals surface area contributed by atoms with Crippen LogP contribution in [0.15, 0.2) is 54.0 Å². The molecule has 1 fully saturated rings. The fourth-order valence-electron chi connectivity index (χ4n) is 2.57. The van der Waals surface area contributed by atoms with Crippen molar-refractivity contribution in [1.82, 2.24) is 14.6 Å². The van der Waals surface area contributed by atoms with Gasteiger partial charge in [-0.15, -0.1) is 0 Å². The number of hydrogen-bond donors (Lipinski definition) is 1. The number of fused-ring (bicyclic) bond motifs is 1. The summed E-state index contributed by atoms with van der Waals surface area (Å²) in [5.41, 5.74) is 10.7. The van der Waals surface area contributed by atoms with Gasteiger partial charge in [0, 0.05) is 41.5 Å². The van der Waals surface area contributed by atoms with Gasteiger partial charge < -0.3 is 5.73 Å². The number of benzene rings is 1. The number of aliphatic imine (C=N–C) groups is 1. The van der Waals surface area contributed by atoms with Crippen molar-refractivity contribution in [2.75, 3.05) is 0 Å². The predicted molar refractivity (Wildman–Crippen MR) is 96.8 cm³/mol. The average Bonchev–Trinajstić information content (AvgIpc) is 3.39. The summed E-state index contributed by atoms with van der Waals surface area (Å²) in [6.45, 7) is 0. The first-order chi connectivity index (χ1) is 12.3. The maximum atomic E-state index is 8.91. The third-order valence-electron chi connectivity index (χ3n) is 4.17. The number of nitrogens with two attached hydrogens (primary N) is 1. The number of allylic oxidation sites excluding steroid dienone is 1. The van der Waals surface area contributed by atoms with Crippen LogP contribution in [0.1, 0.15) is 24.0 Å². The van der Waals surface area contributed by atoms with Crippen molar-refractivity contribution >= 4 is 17.4 Å². The highest BCUT2D eigenvalue weighted by atomic mass is 15.2. The van der Waals surface area contributed by atoms with E-state index in [0.717, 1.165) is 40.8 Å². The van der Waals surface area contributed by atoms with Gasteiger partial charge in [-0.05, 0) is 30.5 Å². The Hall–Kier alpha value is -3.46. The van der Waals surface area contributed by atoms with Crippen molar-refractivity contribution < 1.29 is 0 Å². The van der Waals surface area contributed by atoms with Crippen molar-refractivity contribution in [3.8, 4) is 17.2 Å². The predicted octanol–water partition coefficient (Wildman–Crippen LogP) is 2.80. The van der Waals surface area contributed by atoms with Gasteiger partial charge in [0.1, 0.15) is 0 Å². The maximum Gasteiger partial charge on any atom is 0.162 e. The molecule has 6 heteroatoms. The Morgan fingerprint density at radius 2 is 2.08 bits per heavy atom. The van der Waals surface area contributed by atoms with E-state index in [1.165, 1.54) is 0 Å². The normalized spacial score (nSPS) is 14.9. The van der Waals surface area contributed by atoms with E-state index in [-0.39, 0.29) is 0 Å². The summed E-state index contributed by atoms with van der Waals surface area (Å²) >= 11 is 0. The van der Waals surface area contributed by atoms with Crippen molar-refractivity contribution in [1.29, 1.82) is 5.26 Å². The van der Waals surface area contributed by atoms with Gasteiger partial charge in [-0.2, -0.15) is 10.4 Å². The highest BCUT2D eigenvalue weighted by Gasteiger charge is 2.19. The Morgan fingerprint density at radius 1 is 1.28 bits per heavy atom. The van der Waals surface area contributed by atoms with Crippen LogP contribution in [0, 0.1) is 11.3 Å². The molecule has 1 aromatic carbocycles. The first-order valence-electron chi connectivity index (χ1n) is 8.08. The third kappa shape index (κ3) is 3.00. The van der Waals surface area contributed by atoms with Crippen molar-refractivity contribution in [3.63, 3.8) is 0 Å². The van der Waals surface area contributed by atoms with Gasteiger partial charge in [0.25, 0.3) is 0 Å². The minimum absolute atomic E-state index is 0.444. The zero-order valence-electron chi connectivity index (χ0n) is 13.5. The average molecular weight is 328 g/mol. The number of aromatic nitrogens is 3. The topological polar surface area (TPSA) is 92.4 Å². The molecule has 1 saturated carbocycles. The van der Waals surface area contributed by atoms with Gasteiger partial charge in [0.05, 0.1) is 23.9 Å². The molecule has 4 rings (SSSR count). The van der Waals surface area contributed by atoms with Crippen LogP contribution in [0.4, 0.5) is 0 Å². The lowest BCUT2D eigenvalue weighted by Gasteiger charge is -2.03. The SMILES string of the molecule is N#Cc1ccc(-c2cnn3cc(/C(C=NC4CC4)=C/N)cnc23)cc1. The molecule has 0 saturated heterocycles. The van der Waals surface area contributed by atoms with Crippen LogP contribution < -0.4 is 5.73 Å². The van der Waals surface area contributed by atoms with Crippen molar-refractivity contribution in [3.05, 3.63) is 60.2 Å². The fourth-order valence-corrected chi connectivity index (χ4v) is 2.57. The van der Waals surface area contributed by atoms with Gasteiger partial charge in [0.2, 0.25) is 0 Å². The van der Waals surface area contributed by atoms with E-state index >= 15 is 0 Å². The van der Waals surface area contributed by atoms with Gasteiger partial charge in [-0.25, -0.2) is 9.50 Å². The molecule has 0 bridgehead atoms. The third-order valence-corrected chi connectivity index (χ3v) is 4.17. The van der Waals surface area contributed by atoms with Crippen LogP contribution in [-0.4, -0.2) is 26.9 Å². The molecule has 122 valence electrons. The first kappa shape index (κ1) is 15.1. The number of hydrogen-bond acceptors (Lipinski definition) is 5. The molecule has 0 aliphatic heterocycles. The first-order valence-corrected chi connectivity index (χ1v) is 8.08. The highest BCUT2D eigenvalue weighted by Crippen LogP contribution is 2.26. The van der Waals surface area contributed by atoms with E-state index in [0.29, 0.717) is 11.6 Å². The summed E-state index contributed by atoms with van der Waals surface area (Å²) in [7, 11) is 0. The quantitative estimate of drug-likeness (QED) is 0.745. The second kappa shape index (κ2) is 6.21. The van der Waals surface area contributed by atoms with E-state index < -0.39 is 0 Å². The van der Waals surface area contributed by atoms with Crippen LogP contribution in [0.2, 0.25) is 0 Å². The molecular weight excluding hydrogens is 312 g/mol. The lowest BCUT2D eigenvalue weighted by atomic mass is 10.1. The largest absolute Gasteiger partial charge is 0.404 e. The van der Waals surface area contributed by atoms with E-state index in [1.807, 2.05) is 24.5 Å². The lowest BCUT2D eigenvalue weighted by molar-refractivity contribution is 0.935. The van der Waals surface area contributed by atoms with Crippen LogP contribution in [0.25, 0.3) is 22.3 Å². The van der Waals surface area contributed by atoms with Gasteiger partial charge >= 0.3 is 0 Å². The Kier molecular flexibility index (Phi) is 3.75. The molecule has 1 aliphatic rings. The Balaban J connectivity index is 1.69. The van der Waals surface area contributed by atoms with Crippen molar-refractivity contribution in [2.45, 2.75) is 18.9 Å². The summed E-state index contributed by atoms with van der Waals surface area (Å²) in [5.74, 6) is 0. The molecule has 0 atom stereocenters. The molecule has 25 heavy (non-hydrogen) atoms. The summed E-state index contributed by atoms with van der Waals surface area (Å²) in [4.78, 5) is 9.02. The number of nitrogens with zero attached hydrogens (tertiary/aromatic N) is 5.